The third-order valence-corrected chi connectivity index (χ3v) is 4.97. The minimum absolute atomic E-state index is 0.0390. The minimum Gasteiger partial charge on any atom is -0.465 e. The van der Waals surface area contributed by atoms with Crippen molar-refractivity contribution in [1.82, 2.24) is 15.2 Å². The Hall–Kier alpha value is -2.84. The lowest BCUT2D eigenvalue weighted by molar-refractivity contribution is -0.131. The van der Waals surface area contributed by atoms with Crippen molar-refractivity contribution in [3.8, 4) is 0 Å². The van der Waals surface area contributed by atoms with E-state index in [1.807, 2.05) is 0 Å². The molecule has 2 N–H and O–H groups in total. The van der Waals surface area contributed by atoms with E-state index in [2.05, 4.69) is 10.3 Å². The van der Waals surface area contributed by atoms with Crippen LogP contribution in [-0.2, 0) is 20.7 Å². The number of ether oxygens (including phenoxy) is 2. The van der Waals surface area contributed by atoms with E-state index < -0.39 is 17.7 Å². The number of carbonyl (C=O) groups excluding carboxylic acids is 4. The number of H-pyrrole nitrogens is 1. The average Bonchev–Trinajstić information content (AvgIpc) is 2.96. The quantitative estimate of drug-likeness (QED) is 0.557. The monoisotopic (exact) mass is 421 g/mol. The second kappa shape index (κ2) is 9.32. The first-order chi connectivity index (χ1) is 13.9. The topological polar surface area (TPSA) is 118 Å². The lowest BCUT2D eigenvalue weighted by Gasteiger charge is -2.33. The zero-order chi connectivity index (χ0) is 22.6. The molecule has 0 spiro atoms. The molecule has 30 heavy (non-hydrogen) atoms. The van der Waals surface area contributed by atoms with Crippen molar-refractivity contribution in [2.75, 3.05) is 20.2 Å². The van der Waals surface area contributed by atoms with E-state index in [0.717, 1.165) is 0 Å². The minimum atomic E-state index is -0.584. The van der Waals surface area contributed by atoms with Crippen LogP contribution in [0.2, 0.25) is 0 Å². The van der Waals surface area contributed by atoms with Crippen LogP contribution in [0.3, 0.4) is 0 Å². The van der Waals surface area contributed by atoms with Crippen molar-refractivity contribution < 1.29 is 28.7 Å². The Kier molecular flexibility index (Phi) is 7.28. The fraction of sp³-hybridized carbons (Fsp3) is 0.619. The van der Waals surface area contributed by atoms with Gasteiger partial charge in [0.15, 0.2) is 5.78 Å². The molecule has 1 fully saturated rings. The van der Waals surface area contributed by atoms with Crippen LogP contribution < -0.4 is 5.32 Å². The fourth-order valence-electron chi connectivity index (χ4n) is 3.53. The van der Waals surface area contributed by atoms with Crippen molar-refractivity contribution >= 4 is 23.8 Å². The Balaban J connectivity index is 2.00. The van der Waals surface area contributed by atoms with Gasteiger partial charge in [-0.05, 0) is 46.1 Å². The second-order valence-corrected chi connectivity index (χ2v) is 8.50. The van der Waals surface area contributed by atoms with Gasteiger partial charge in [-0.1, -0.05) is 0 Å². The van der Waals surface area contributed by atoms with Crippen LogP contribution in [0.4, 0.5) is 4.79 Å². The Morgan fingerprint density at radius 1 is 1.17 bits per heavy atom. The maximum atomic E-state index is 12.8. The number of aromatic nitrogens is 1. The Morgan fingerprint density at radius 3 is 2.27 bits per heavy atom. The molecule has 2 heterocycles. The summed E-state index contributed by atoms with van der Waals surface area (Å²) in [4.78, 5) is 53.3. The molecule has 0 aliphatic carbocycles. The lowest BCUT2D eigenvalue weighted by atomic mass is 10.0. The normalized spacial score (nSPS) is 14.9. The maximum Gasteiger partial charge on any atom is 0.407 e. The summed E-state index contributed by atoms with van der Waals surface area (Å²) in [6, 6.07) is -0.0634. The van der Waals surface area contributed by atoms with Gasteiger partial charge in [0.1, 0.15) is 5.60 Å². The number of likely N-dealkylation sites (tertiary alicyclic amines) is 1. The molecule has 0 unspecified atom stereocenters. The largest absolute Gasteiger partial charge is 0.465 e. The van der Waals surface area contributed by atoms with Crippen molar-refractivity contribution in [3.63, 3.8) is 0 Å². The van der Waals surface area contributed by atoms with E-state index in [1.54, 1.807) is 32.6 Å². The Bertz CT molecular complexity index is 829. The van der Waals surface area contributed by atoms with Crippen molar-refractivity contribution in [3.05, 3.63) is 22.5 Å². The van der Waals surface area contributed by atoms with E-state index in [1.165, 1.54) is 14.0 Å². The predicted octanol–water partition coefficient (Wildman–Crippen LogP) is 2.37. The van der Waals surface area contributed by atoms with Gasteiger partial charge in [0.2, 0.25) is 5.91 Å². The van der Waals surface area contributed by atoms with E-state index in [0.29, 0.717) is 42.9 Å². The molecule has 9 heteroatoms. The van der Waals surface area contributed by atoms with Gasteiger partial charge < -0.3 is 24.7 Å². The molecule has 1 saturated heterocycles. The number of hydrogen-bond acceptors (Lipinski definition) is 6. The van der Waals surface area contributed by atoms with Crippen LogP contribution in [0.15, 0.2) is 0 Å². The molecule has 0 bridgehead atoms. The molecule has 0 atom stereocenters. The van der Waals surface area contributed by atoms with Gasteiger partial charge in [-0.3, -0.25) is 9.59 Å². The summed E-state index contributed by atoms with van der Waals surface area (Å²) < 4.78 is 10.1. The van der Waals surface area contributed by atoms with Gasteiger partial charge >= 0.3 is 12.1 Å². The van der Waals surface area contributed by atoms with Crippen molar-refractivity contribution in [2.24, 2.45) is 0 Å². The van der Waals surface area contributed by atoms with Gasteiger partial charge in [-0.2, -0.15) is 0 Å². The third kappa shape index (κ3) is 5.84. The first kappa shape index (κ1) is 23.4. The predicted molar refractivity (Wildman–Crippen MR) is 110 cm³/mol. The summed E-state index contributed by atoms with van der Waals surface area (Å²) in [5, 5.41) is 2.84. The number of piperidine rings is 1. The van der Waals surface area contributed by atoms with Gasteiger partial charge in [0.05, 0.1) is 24.8 Å². The van der Waals surface area contributed by atoms with Crippen LogP contribution in [0.1, 0.15) is 72.6 Å². The van der Waals surface area contributed by atoms with E-state index in [-0.39, 0.29) is 29.7 Å². The number of methoxy groups -OCH3 is 1. The summed E-state index contributed by atoms with van der Waals surface area (Å²) in [5.74, 6) is -0.961. The number of carbonyl (C=O) groups is 4. The Labute approximate surface area is 176 Å². The molecule has 1 aromatic heterocycles. The summed E-state index contributed by atoms with van der Waals surface area (Å²) in [5.41, 5.74) is 0.835. The summed E-state index contributed by atoms with van der Waals surface area (Å²) in [6.45, 7) is 9.41. The smallest absolute Gasteiger partial charge is 0.407 e. The average molecular weight is 421 g/mol. The molecule has 0 saturated carbocycles. The van der Waals surface area contributed by atoms with Gasteiger partial charge in [-0.15, -0.1) is 0 Å². The molecule has 166 valence electrons. The number of amides is 2. The van der Waals surface area contributed by atoms with Crippen LogP contribution in [0.5, 0.6) is 0 Å². The molecule has 0 aromatic carbocycles. The Morgan fingerprint density at radius 2 is 1.77 bits per heavy atom. The lowest BCUT2D eigenvalue weighted by Crippen LogP contribution is -2.48. The number of hydrogen-bond donors (Lipinski definition) is 2. The summed E-state index contributed by atoms with van der Waals surface area (Å²) >= 11 is 0. The molecule has 1 aliphatic heterocycles. The van der Waals surface area contributed by atoms with Crippen LogP contribution in [-0.4, -0.2) is 65.5 Å². The van der Waals surface area contributed by atoms with E-state index >= 15 is 0 Å². The van der Waals surface area contributed by atoms with E-state index in [9.17, 15) is 19.2 Å². The third-order valence-electron chi connectivity index (χ3n) is 4.97. The first-order valence-electron chi connectivity index (χ1n) is 10.0. The zero-order valence-electron chi connectivity index (χ0n) is 18.5. The SMILES string of the molecule is COC(=O)c1c(CC(=O)N2CCC(NC(=O)OC(C)(C)C)CC2)[nH]c(C(C)=O)c1C. The van der Waals surface area contributed by atoms with Gasteiger partial charge in [-0.25, -0.2) is 9.59 Å². The highest BCUT2D eigenvalue weighted by molar-refractivity contribution is 6.01. The number of Topliss-reactive ketones (excluding diaryl/α,β-unsaturated/α-hetero) is 1. The number of alkyl carbamates (subject to hydrolysis) is 1. The number of esters is 1. The maximum absolute atomic E-state index is 12.8. The molecule has 1 aromatic rings. The molecule has 9 nitrogen and oxygen atoms in total. The molecule has 1 aliphatic rings. The van der Waals surface area contributed by atoms with Crippen LogP contribution >= 0.6 is 0 Å². The highest BCUT2D eigenvalue weighted by atomic mass is 16.6. The number of rotatable bonds is 5. The number of nitrogens with zero attached hydrogens (tertiary/aromatic N) is 1. The number of ketones is 1. The zero-order valence-corrected chi connectivity index (χ0v) is 18.5. The molecule has 0 radical (unpaired) electrons. The van der Waals surface area contributed by atoms with Crippen LogP contribution in [0, 0.1) is 6.92 Å². The van der Waals surface area contributed by atoms with Gasteiger partial charge in [0.25, 0.3) is 0 Å². The highest BCUT2D eigenvalue weighted by Gasteiger charge is 2.29. The first-order valence-corrected chi connectivity index (χ1v) is 10.0. The van der Waals surface area contributed by atoms with Crippen molar-refractivity contribution in [2.45, 2.75) is 65.5 Å². The number of aromatic amines is 1. The standard InChI is InChI=1S/C21H31N3O6/c1-12-17(19(27)29-6)15(23-18(12)13(2)25)11-16(26)24-9-7-14(8-10-24)22-20(28)30-21(3,4)5/h14,23H,7-11H2,1-6H3,(H,22,28). The molecular formula is C21H31N3O6. The van der Waals surface area contributed by atoms with Crippen LogP contribution in [0.25, 0.3) is 0 Å². The molecule has 2 amide bonds. The van der Waals surface area contributed by atoms with E-state index in [4.69, 9.17) is 9.47 Å². The second-order valence-electron chi connectivity index (χ2n) is 8.50. The number of nitrogens with one attached hydrogen (secondary N) is 2. The summed E-state index contributed by atoms with van der Waals surface area (Å²) in [6.07, 6.45) is 0.714. The van der Waals surface area contributed by atoms with Crippen molar-refractivity contribution in [1.29, 1.82) is 0 Å². The fourth-order valence-corrected chi connectivity index (χ4v) is 3.53. The summed E-state index contributed by atoms with van der Waals surface area (Å²) in [7, 11) is 1.26. The molecule has 2 rings (SSSR count). The molecular weight excluding hydrogens is 390 g/mol. The van der Waals surface area contributed by atoms with Gasteiger partial charge in [0, 0.05) is 31.7 Å². The highest BCUT2D eigenvalue weighted by Crippen LogP contribution is 2.22.